The smallest absolute Gasteiger partial charge is 0.114 e. The summed E-state index contributed by atoms with van der Waals surface area (Å²) in [7, 11) is 0. The first kappa shape index (κ1) is 9.01. The van der Waals surface area contributed by atoms with Gasteiger partial charge in [0.2, 0.25) is 0 Å². The lowest BCUT2D eigenvalue weighted by molar-refractivity contribution is -0.208. The summed E-state index contributed by atoms with van der Waals surface area (Å²) in [6.45, 7) is 5.39. The van der Waals surface area contributed by atoms with Crippen LogP contribution in [0.5, 0.6) is 0 Å². The molecular weight excluding hydrogens is 140 g/mol. The van der Waals surface area contributed by atoms with E-state index >= 15 is 0 Å². The van der Waals surface area contributed by atoms with Gasteiger partial charge in [-0.15, -0.1) is 0 Å². The fraction of sp³-hybridized carbons (Fsp3) is 1.00. The van der Waals surface area contributed by atoms with Gasteiger partial charge >= 0.3 is 0 Å². The minimum atomic E-state index is -0.481. The molecule has 0 bridgehead atoms. The summed E-state index contributed by atoms with van der Waals surface area (Å²) < 4.78 is 5.02. The molecule has 0 aromatic heterocycles. The van der Waals surface area contributed by atoms with E-state index in [9.17, 15) is 5.11 Å². The first-order chi connectivity index (χ1) is 5.23. The SMILES string of the molecule is CCCC(CC)C1(O)COC1. The highest BCUT2D eigenvalue weighted by molar-refractivity contribution is 4.91. The Bertz CT molecular complexity index is 119. The molecule has 1 rings (SSSR count). The van der Waals surface area contributed by atoms with E-state index in [4.69, 9.17) is 4.74 Å². The second-order valence-electron chi connectivity index (χ2n) is 3.49. The number of aliphatic hydroxyl groups is 1. The predicted octanol–water partition coefficient (Wildman–Crippen LogP) is 1.57. The normalized spacial score (nSPS) is 24.3. The van der Waals surface area contributed by atoms with Gasteiger partial charge in [0.05, 0.1) is 13.2 Å². The first-order valence-electron chi connectivity index (χ1n) is 4.53. The van der Waals surface area contributed by atoms with Crippen LogP contribution in [0.2, 0.25) is 0 Å². The zero-order chi connectivity index (χ0) is 8.32. The third-order valence-electron chi connectivity index (χ3n) is 2.59. The summed E-state index contributed by atoms with van der Waals surface area (Å²) in [5, 5.41) is 9.88. The highest BCUT2D eigenvalue weighted by atomic mass is 16.5. The molecule has 0 amide bonds. The Labute approximate surface area is 68.6 Å². The van der Waals surface area contributed by atoms with Gasteiger partial charge in [-0.1, -0.05) is 26.7 Å². The van der Waals surface area contributed by atoms with Crippen molar-refractivity contribution in [1.29, 1.82) is 0 Å². The minimum Gasteiger partial charge on any atom is -0.385 e. The molecule has 1 saturated heterocycles. The Kier molecular flexibility index (Phi) is 2.90. The van der Waals surface area contributed by atoms with Crippen LogP contribution in [-0.4, -0.2) is 23.9 Å². The van der Waals surface area contributed by atoms with Gasteiger partial charge in [0, 0.05) is 0 Å². The van der Waals surface area contributed by atoms with E-state index in [-0.39, 0.29) is 0 Å². The van der Waals surface area contributed by atoms with E-state index < -0.39 is 5.60 Å². The zero-order valence-electron chi connectivity index (χ0n) is 7.47. The molecule has 2 heteroatoms. The Morgan fingerprint density at radius 2 is 2.09 bits per heavy atom. The standard InChI is InChI=1S/C9H18O2/c1-3-5-8(4-2)9(10)6-11-7-9/h8,10H,3-7H2,1-2H3. The van der Waals surface area contributed by atoms with E-state index in [0.717, 1.165) is 19.3 Å². The van der Waals surface area contributed by atoms with E-state index in [1.165, 1.54) is 0 Å². The molecule has 1 heterocycles. The molecule has 1 unspecified atom stereocenters. The molecule has 0 spiro atoms. The van der Waals surface area contributed by atoms with Crippen LogP contribution in [-0.2, 0) is 4.74 Å². The maximum absolute atomic E-state index is 9.88. The van der Waals surface area contributed by atoms with Crippen LogP contribution in [0, 0.1) is 5.92 Å². The summed E-state index contributed by atoms with van der Waals surface area (Å²) in [6, 6.07) is 0. The van der Waals surface area contributed by atoms with Crippen molar-refractivity contribution in [3.8, 4) is 0 Å². The predicted molar refractivity (Wildman–Crippen MR) is 44.5 cm³/mol. The summed E-state index contributed by atoms with van der Waals surface area (Å²) in [4.78, 5) is 0. The van der Waals surface area contributed by atoms with Gasteiger partial charge in [-0.3, -0.25) is 0 Å². The van der Waals surface area contributed by atoms with Crippen molar-refractivity contribution >= 4 is 0 Å². The quantitative estimate of drug-likeness (QED) is 0.673. The lowest BCUT2D eigenvalue weighted by Gasteiger charge is -2.42. The van der Waals surface area contributed by atoms with E-state index in [0.29, 0.717) is 19.1 Å². The fourth-order valence-corrected chi connectivity index (χ4v) is 1.75. The second-order valence-corrected chi connectivity index (χ2v) is 3.49. The van der Waals surface area contributed by atoms with Crippen molar-refractivity contribution in [1.82, 2.24) is 0 Å². The molecule has 0 aliphatic carbocycles. The van der Waals surface area contributed by atoms with Crippen LogP contribution < -0.4 is 0 Å². The van der Waals surface area contributed by atoms with Gasteiger partial charge in [0.15, 0.2) is 0 Å². The lowest BCUT2D eigenvalue weighted by atomic mass is 9.81. The van der Waals surface area contributed by atoms with Gasteiger partial charge < -0.3 is 9.84 Å². The number of rotatable bonds is 4. The van der Waals surface area contributed by atoms with Gasteiger partial charge in [-0.2, -0.15) is 0 Å². The largest absolute Gasteiger partial charge is 0.385 e. The summed E-state index contributed by atoms with van der Waals surface area (Å²) in [5.74, 6) is 0.446. The molecule has 11 heavy (non-hydrogen) atoms. The van der Waals surface area contributed by atoms with Gasteiger partial charge in [-0.05, 0) is 12.3 Å². The molecule has 1 aliphatic heterocycles. The molecule has 1 fully saturated rings. The van der Waals surface area contributed by atoms with Crippen molar-refractivity contribution in [2.24, 2.45) is 5.92 Å². The maximum atomic E-state index is 9.88. The molecule has 1 aliphatic rings. The molecule has 1 N–H and O–H groups in total. The highest BCUT2D eigenvalue weighted by Crippen LogP contribution is 2.31. The molecule has 0 aromatic rings. The highest BCUT2D eigenvalue weighted by Gasteiger charge is 2.42. The topological polar surface area (TPSA) is 29.5 Å². The molecule has 0 aromatic carbocycles. The van der Waals surface area contributed by atoms with Crippen LogP contribution in [0.3, 0.4) is 0 Å². The third kappa shape index (κ3) is 1.74. The van der Waals surface area contributed by atoms with Gasteiger partial charge in [0.25, 0.3) is 0 Å². The maximum Gasteiger partial charge on any atom is 0.114 e. The van der Waals surface area contributed by atoms with Crippen molar-refractivity contribution < 1.29 is 9.84 Å². The van der Waals surface area contributed by atoms with Crippen molar-refractivity contribution in [2.45, 2.75) is 38.7 Å². The van der Waals surface area contributed by atoms with Gasteiger partial charge in [0.1, 0.15) is 5.60 Å². The first-order valence-corrected chi connectivity index (χ1v) is 4.53. The minimum absolute atomic E-state index is 0.446. The average molecular weight is 158 g/mol. The number of ether oxygens (including phenoxy) is 1. The zero-order valence-corrected chi connectivity index (χ0v) is 7.47. The van der Waals surface area contributed by atoms with Crippen molar-refractivity contribution in [3.05, 3.63) is 0 Å². The Morgan fingerprint density at radius 3 is 2.36 bits per heavy atom. The Morgan fingerprint density at radius 1 is 1.45 bits per heavy atom. The summed E-state index contributed by atoms with van der Waals surface area (Å²) in [5.41, 5.74) is -0.481. The molecule has 66 valence electrons. The Balaban J connectivity index is 2.39. The Hall–Kier alpha value is -0.0800. The number of hydrogen-bond donors (Lipinski definition) is 1. The molecule has 0 radical (unpaired) electrons. The summed E-state index contributed by atoms with van der Waals surface area (Å²) in [6.07, 6.45) is 3.34. The van der Waals surface area contributed by atoms with Crippen LogP contribution in [0.4, 0.5) is 0 Å². The van der Waals surface area contributed by atoms with Crippen LogP contribution >= 0.6 is 0 Å². The molecule has 1 atom stereocenters. The molecule has 2 nitrogen and oxygen atoms in total. The van der Waals surface area contributed by atoms with Crippen LogP contribution in [0.1, 0.15) is 33.1 Å². The van der Waals surface area contributed by atoms with Gasteiger partial charge in [-0.25, -0.2) is 0 Å². The average Bonchev–Trinajstić information content (AvgIpc) is 1.96. The van der Waals surface area contributed by atoms with E-state index in [2.05, 4.69) is 13.8 Å². The second kappa shape index (κ2) is 3.55. The van der Waals surface area contributed by atoms with Crippen molar-refractivity contribution in [3.63, 3.8) is 0 Å². The van der Waals surface area contributed by atoms with Crippen molar-refractivity contribution in [2.75, 3.05) is 13.2 Å². The molecular formula is C9H18O2. The van der Waals surface area contributed by atoms with E-state index in [1.807, 2.05) is 0 Å². The molecule has 0 saturated carbocycles. The third-order valence-corrected chi connectivity index (χ3v) is 2.59. The van der Waals surface area contributed by atoms with Crippen LogP contribution in [0.25, 0.3) is 0 Å². The lowest BCUT2D eigenvalue weighted by Crippen LogP contribution is -2.55. The van der Waals surface area contributed by atoms with Crippen LogP contribution in [0.15, 0.2) is 0 Å². The monoisotopic (exact) mass is 158 g/mol. The summed E-state index contributed by atoms with van der Waals surface area (Å²) >= 11 is 0. The number of hydrogen-bond acceptors (Lipinski definition) is 2. The fourth-order valence-electron chi connectivity index (χ4n) is 1.75. The van der Waals surface area contributed by atoms with E-state index in [1.54, 1.807) is 0 Å².